The highest BCUT2D eigenvalue weighted by Crippen LogP contribution is 2.15. The predicted octanol–water partition coefficient (Wildman–Crippen LogP) is 0.400. The smallest absolute Gasteiger partial charge is 0.377 e. The van der Waals surface area contributed by atoms with Crippen LogP contribution in [0.15, 0.2) is 0 Å². The monoisotopic (exact) mass is 708 g/mol. The number of likely N-dealkylation sites (N-methyl/N-ethyl adjacent to an activating group) is 1. The van der Waals surface area contributed by atoms with Crippen molar-refractivity contribution < 1.29 is 39.8 Å². The molecule has 0 amide bonds. The molecule has 0 aromatic rings. The zero-order valence-corrected chi connectivity index (χ0v) is 33.8. The van der Waals surface area contributed by atoms with Crippen LogP contribution < -0.4 is 27.4 Å². The van der Waals surface area contributed by atoms with Crippen LogP contribution in [0.1, 0.15) is 26.2 Å². The van der Waals surface area contributed by atoms with E-state index in [1.54, 1.807) is 64.0 Å². The van der Waals surface area contributed by atoms with Gasteiger partial charge in [-0.05, 0) is 59.9 Å². The zero-order valence-electron chi connectivity index (χ0n) is 30.8. The molecular weight excluding hydrogens is 637 g/mol. The molecule has 0 fully saturated rings. The minimum absolute atomic E-state index is 0.194. The Bertz CT molecular complexity index is 588. The third-order valence-corrected chi connectivity index (χ3v) is 15.3. The zero-order chi connectivity index (χ0) is 35.0. The summed E-state index contributed by atoms with van der Waals surface area (Å²) in [7, 11) is 11.8. The summed E-state index contributed by atoms with van der Waals surface area (Å²) in [5.41, 5.74) is 11.0. The van der Waals surface area contributed by atoms with Gasteiger partial charge in [0.15, 0.2) is 0 Å². The highest BCUT2D eigenvalue weighted by Gasteiger charge is 2.38. The van der Waals surface area contributed by atoms with Gasteiger partial charge in [-0.15, -0.1) is 0 Å². The fourth-order valence-electron chi connectivity index (χ4n) is 3.94. The Balaban J connectivity index is -0.000000589. The molecule has 18 heteroatoms. The van der Waals surface area contributed by atoms with Crippen molar-refractivity contribution in [2.75, 3.05) is 130 Å². The van der Waals surface area contributed by atoms with E-state index in [-0.39, 0.29) is 6.04 Å². The number of hydrogen-bond donors (Lipinski definition) is 5. The normalized spacial score (nSPS) is 12.9. The Morgan fingerprint density at radius 2 is 0.844 bits per heavy atom. The molecule has 0 bridgehead atoms. The van der Waals surface area contributed by atoms with Crippen LogP contribution in [0.25, 0.3) is 0 Å². The number of nitrogens with zero attached hydrogens (tertiary/aromatic N) is 1. The van der Waals surface area contributed by atoms with Gasteiger partial charge in [0.1, 0.15) is 0 Å². The van der Waals surface area contributed by atoms with Crippen molar-refractivity contribution in [2.24, 2.45) is 11.5 Å². The van der Waals surface area contributed by atoms with Gasteiger partial charge in [-0.1, -0.05) is 0 Å². The number of nitrogens with two attached hydrogens (primary N) is 2. The molecule has 15 nitrogen and oxygen atoms in total. The van der Waals surface area contributed by atoms with Gasteiger partial charge in [0, 0.05) is 121 Å². The summed E-state index contributed by atoms with van der Waals surface area (Å²) in [6.45, 7) is 9.19. The molecule has 0 saturated heterocycles. The van der Waals surface area contributed by atoms with Crippen molar-refractivity contribution in [3.63, 3.8) is 0 Å². The molecule has 1 unspecified atom stereocenters. The van der Waals surface area contributed by atoms with E-state index >= 15 is 0 Å². The fourth-order valence-corrected chi connectivity index (χ4v) is 9.11. The molecule has 0 aromatic heterocycles. The Hall–Kier alpha value is 0.0506. The van der Waals surface area contributed by atoms with Gasteiger partial charge in [-0.3, -0.25) is 0 Å². The third-order valence-electron chi connectivity index (χ3n) is 6.83. The molecule has 0 aliphatic carbocycles. The van der Waals surface area contributed by atoms with E-state index in [0.29, 0.717) is 6.54 Å². The van der Waals surface area contributed by atoms with E-state index in [0.717, 1.165) is 83.2 Å². The fraction of sp³-hybridized carbons (Fsp3) is 1.00. The van der Waals surface area contributed by atoms with Crippen molar-refractivity contribution in [3.05, 3.63) is 0 Å². The average molecular weight is 709 g/mol. The maximum atomic E-state index is 5.61. The van der Waals surface area contributed by atoms with E-state index in [9.17, 15) is 0 Å². The topological polar surface area (TPSA) is 174 Å². The van der Waals surface area contributed by atoms with E-state index in [1.165, 1.54) is 0 Å². The Kier molecular flexibility index (Phi) is 35.8. The molecular formula is C27H72N6O9Si3. The van der Waals surface area contributed by atoms with Crippen molar-refractivity contribution in [3.8, 4) is 0 Å². The largest absolute Gasteiger partial charge is 0.500 e. The van der Waals surface area contributed by atoms with Crippen LogP contribution in [-0.4, -0.2) is 168 Å². The number of hydrogen-bond acceptors (Lipinski definition) is 15. The Morgan fingerprint density at radius 1 is 0.533 bits per heavy atom. The highest BCUT2D eigenvalue weighted by molar-refractivity contribution is 6.61. The van der Waals surface area contributed by atoms with Crippen LogP contribution in [0, 0.1) is 0 Å². The standard InChI is InChI=1S/C10H26N2O3Si.C9H24N2O3Si.C8H22N2O3Si/c1-12(2)9-8-11-7-6-10-16(13-3,14-4)15-5;1-9(10)8-11-6-5-7-15(12-2,13-3)14-4;1-11-14(12-2,13-3)8-4-6-10-7-5-9/h11H,6-10H2,1-5H3;9,11H,5-8,10H2,1-4H3;10H,4-9H2,1-3H3. The molecule has 7 N–H and O–H groups in total. The minimum atomic E-state index is -2.37. The molecule has 0 spiro atoms. The van der Waals surface area contributed by atoms with Gasteiger partial charge in [0.05, 0.1) is 0 Å². The van der Waals surface area contributed by atoms with E-state index in [4.69, 9.17) is 51.3 Å². The van der Waals surface area contributed by atoms with Crippen molar-refractivity contribution in [1.82, 2.24) is 20.9 Å². The second-order valence-electron chi connectivity index (χ2n) is 10.5. The predicted molar refractivity (Wildman–Crippen MR) is 188 cm³/mol. The summed E-state index contributed by atoms with van der Waals surface area (Å²) in [5.74, 6) is 0. The first-order valence-electron chi connectivity index (χ1n) is 15.6. The third kappa shape index (κ3) is 26.7. The summed E-state index contributed by atoms with van der Waals surface area (Å²) in [6.07, 6.45) is 2.95. The molecule has 0 aromatic carbocycles. The van der Waals surface area contributed by atoms with E-state index in [1.807, 2.05) is 6.92 Å². The first-order chi connectivity index (χ1) is 21.4. The highest BCUT2D eigenvalue weighted by atomic mass is 28.4. The molecule has 0 heterocycles. The quantitative estimate of drug-likeness (QED) is 0.0558. The number of nitrogens with one attached hydrogen (secondary N) is 3. The lowest BCUT2D eigenvalue weighted by atomic mass is 10.3. The molecule has 0 aliphatic rings. The van der Waals surface area contributed by atoms with Crippen LogP contribution in [0.5, 0.6) is 0 Å². The molecule has 0 saturated carbocycles. The lowest BCUT2D eigenvalue weighted by molar-refractivity contribution is 0.122. The Morgan fingerprint density at radius 3 is 1.11 bits per heavy atom. The maximum Gasteiger partial charge on any atom is 0.500 e. The van der Waals surface area contributed by atoms with Crippen molar-refractivity contribution >= 4 is 26.4 Å². The number of rotatable bonds is 28. The first kappa shape index (κ1) is 49.4. The first-order valence-corrected chi connectivity index (χ1v) is 21.4. The van der Waals surface area contributed by atoms with Gasteiger partial charge in [0.2, 0.25) is 0 Å². The minimum Gasteiger partial charge on any atom is -0.377 e. The lowest BCUT2D eigenvalue weighted by Gasteiger charge is -2.24. The van der Waals surface area contributed by atoms with Crippen molar-refractivity contribution in [1.29, 1.82) is 0 Å². The molecule has 1 atom stereocenters. The van der Waals surface area contributed by atoms with Gasteiger partial charge in [0.25, 0.3) is 0 Å². The van der Waals surface area contributed by atoms with E-state index in [2.05, 4.69) is 34.9 Å². The summed E-state index contributed by atoms with van der Waals surface area (Å²) in [4.78, 5) is 2.16. The van der Waals surface area contributed by atoms with E-state index < -0.39 is 26.4 Å². The summed E-state index contributed by atoms with van der Waals surface area (Å²) in [6, 6.07) is 2.70. The molecule has 0 aliphatic heterocycles. The van der Waals surface area contributed by atoms with Gasteiger partial charge < -0.3 is 72.2 Å². The Labute approximate surface area is 279 Å². The van der Waals surface area contributed by atoms with Crippen LogP contribution in [0.4, 0.5) is 0 Å². The second kappa shape index (κ2) is 32.6. The summed E-state index contributed by atoms with van der Waals surface area (Å²) in [5, 5.41) is 9.85. The second-order valence-corrected chi connectivity index (χ2v) is 19.7. The van der Waals surface area contributed by atoms with Crippen LogP contribution >= 0.6 is 0 Å². The van der Waals surface area contributed by atoms with Crippen molar-refractivity contribution in [2.45, 2.75) is 50.4 Å². The molecule has 0 radical (unpaired) electrons. The molecule has 0 rings (SSSR count). The summed E-state index contributed by atoms with van der Waals surface area (Å²) >= 11 is 0. The maximum absolute atomic E-state index is 5.61. The van der Waals surface area contributed by atoms with Crippen LogP contribution in [0.3, 0.4) is 0 Å². The van der Waals surface area contributed by atoms with Crippen LogP contribution in [-0.2, 0) is 39.8 Å². The van der Waals surface area contributed by atoms with Gasteiger partial charge >= 0.3 is 26.4 Å². The molecule has 45 heavy (non-hydrogen) atoms. The van der Waals surface area contributed by atoms with Gasteiger partial charge in [-0.2, -0.15) is 0 Å². The SMILES string of the molecule is CO[Si](CCCNCC(C)N)(OC)OC.CO[Si](CCCNCCN(C)C)(OC)OC.CO[Si](CCCNCCN)(OC)OC. The summed E-state index contributed by atoms with van der Waals surface area (Å²) < 4.78 is 47.8. The van der Waals surface area contributed by atoms with Crippen LogP contribution in [0.2, 0.25) is 18.1 Å². The average Bonchev–Trinajstić information content (AvgIpc) is 3.05. The molecule has 276 valence electrons. The van der Waals surface area contributed by atoms with Gasteiger partial charge in [-0.25, -0.2) is 0 Å². The lowest BCUT2D eigenvalue weighted by Crippen LogP contribution is -2.43.